The van der Waals surface area contributed by atoms with Gasteiger partial charge in [-0.1, -0.05) is 24.3 Å². The number of hydrogen-bond acceptors (Lipinski definition) is 4. The molecule has 2 aromatic heterocycles. The maximum atomic E-state index is 13.0. The van der Waals surface area contributed by atoms with Crippen LogP contribution in [0.3, 0.4) is 0 Å². The second kappa shape index (κ2) is 7.25. The maximum Gasteiger partial charge on any atom is 0.244 e. The van der Waals surface area contributed by atoms with Gasteiger partial charge in [-0.15, -0.1) is 0 Å². The fourth-order valence-corrected chi connectivity index (χ4v) is 3.49. The molecule has 4 rings (SSSR count). The summed E-state index contributed by atoms with van der Waals surface area (Å²) in [5.41, 5.74) is 1.06. The van der Waals surface area contributed by atoms with Crippen molar-refractivity contribution in [1.29, 1.82) is 0 Å². The largest absolute Gasteiger partial charge is 0.380 e. The molecule has 1 saturated heterocycles. The molecule has 0 amide bonds. The lowest BCUT2D eigenvalue weighted by Gasteiger charge is -2.32. The van der Waals surface area contributed by atoms with E-state index in [-0.39, 0.29) is 11.7 Å². The third-order valence-corrected chi connectivity index (χ3v) is 4.92. The minimum atomic E-state index is -0.384. The van der Waals surface area contributed by atoms with Crippen molar-refractivity contribution in [2.45, 2.75) is 18.9 Å². The summed E-state index contributed by atoms with van der Waals surface area (Å²) in [5, 5.41) is 5.90. The van der Waals surface area contributed by atoms with Crippen LogP contribution in [0.2, 0.25) is 0 Å². The van der Waals surface area contributed by atoms with Crippen molar-refractivity contribution < 1.29 is 9.18 Å². The number of nitrogens with zero attached hydrogens (tertiary/aromatic N) is 3. The number of pyridine rings is 1. The molecule has 26 heavy (non-hydrogen) atoms. The SMILES string of the molecule is O=C(CN1CCC(Nc2cncc3ccccc23)CC1)n1ccc(F)c1. The number of benzene rings is 1. The lowest BCUT2D eigenvalue weighted by atomic mass is 10.0. The average Bonchev–Trinajstić information content (AvgIpc) is 3.10. The van der Waals surface area contributed by atoms with E-state index in [1.807, 2.05) is 24.5 Å². The van der Waals surface area contributed by atoms with Gasteiger partial charge in [0.1, 0.15) is 5.82 Å². The molecule has 0 spiro atoms. The zero-order valence-corrected chi connectivity index (χ0v) is 14.4. The zero-order valence-electron chi connectivity index (χ0n) is 14.4. The molecule has 1 fully saturated rings. The van der Waals surface area contributed by atoms with E-state index in [0.717, 1.165) is 37.0 Å². The van der Waals surface area contributed by atoms with Crippen LogP contribution in [0.4, 0.5) is 10.1 Å². The molecule has 0 unspecified atom stereocenters. The Hall–Kier alpha value is -2.73. The normalized spacial score (nSPS) is 16.0. The van der Waals surface area contributed by atoms with Gasteiger partial charge in [-0.25, -0.2) is 4.39 Å². The number of aromatic nitrogens is 2. The zero-order chi connectivity index (χ0) is 17.9. The van der Waals surface area contributed by atoms with Gasteiger partial charge in [-0.05, 0) is 18.9 Å². The molecule has 0 radical (unpaired) electrons. The van der Waals surface area contributed by atoms with Crippen LogP contribution in [0.25, 0.3) is 10.8 Å². The second-order valence-electron chi connectivity index (χ2n) is 6.73. The van der Waals surface area contributed by atoms with E-state index in [0.29, 0.717) is 12.6 Å². The lowest BCUT2D eigenvalue weighted by molar-refractivity contribution is 0.0829. The number of carbonyl (C=O) groups excluding carboxylic acids is 1. The third kappa shape index (κ3) is 3.60. The summed E-state index contributed by atoms with van der Waals surface area (Å²) >= 11 is 0. The molecular weight excluding hydrogens is 331 g/mol. The maximum absolute atomic E-state index is 13.0. The number of fused-ring (bicyclic) bond motifs is 1. The van der Waals surface area contributed by atoms with E-state index in [1.165, 1.54) is 28.4 Å². The summed E-state index contributed by atoms with van der Waals surface area (Å²) in [6.45, 7) is 1.99. The highest BCUT2D eigenvalue weighted by atomic mass is 19.1. The molecule has 3 aromatic rings. The molecule has 5 nitrogen and oxygen atoms in total. The molecule has 1 aliphatic heterocycles. The third-order valence-electron chi connectivity index (χ3n) is 4.92. The van der Waals surface area contributed by atoms with Gasteiger partial charge >= 0.3 is 0 Å². The number of carbonyl (C=O) groups is 1. The minimum Gasteiger partial charge on any atom is -0.380 e. The quantitative estimate of drug-likeness (QED) is 0.782. The Kier molecular flexibility index (Phi) is 4.67. The van der Waals surface area contributed by atoms with Gasteiger partial charge in [0.05, 0.1) is 18.4 Å². The van der Waals surface area contributed by atoms with Crippen LogP contribution in [-0.2, 0) is 0 Å². The molecule has 0 atom stereocenters. The van der Waals surface area contributed by atoms with Gasteiger partial charge in [-0.2, -0.15) is 0 Å². The van der Waals surface area contributed by atoms with E-state index >= 15 is 0 Å². The molecule has 3 heterocycles. The Morgan fingerprint density at radius 1 is 1.19 bits per heavy atom. The summed E-state index contributed by atoms with van der Waals surface area (Å²) in [5.74, 6) is -0.483. The summed E-state index contributed by atoms with van der Waals surface area (Å²) in [6.07, 6.45) is 8.36. The van der Waals surface area contributed by atoms with Crippen molar-refractivity contribution >= 4 is 22.4 Å². The van der Waals surface area contributed by atoms with Crippen molar-refractivity contribution in [1.82, 2.24) is 14.5 Å². The first-order valence-electron chi connectivity index (χ1n) is 8.87. The van der Waals surface area contributed by atoms with Crippen LogP contribution in [0.5, 0.6) is 0 Å². The fourth-order valence-electron chi connectivity index (χ4n) is 3.49. The Bertz CT molecular complexity index is 910. The molecule has 134 valence electrons. The van der Waals surface area contributed by atoms with Crippen molar-refractivity contribution in [3.8, 4) is 0 Å². The molecule has 0 aliphatic carbocycles. The van der Waals surface area contributed by atoms with Gasteiger partial charge in [0.25, 0.3) is 0 Å². The summed E-state index contributed by atoms with van der Waals surface area (Å²) in [4.78, 5) is 18.6. The smallest absolute Gasteiger partial charge is 0.244 e. The van der Waals surface area contributed by atoms with Crippen molar-refractivity contribution in [3.05, 3.63) is 60.9 Å². The highest BCUT2D eigenvalue weighted by molar-refractivity contribution is 5.92. The van der Waals surface area contributed by atoms with Crippen LogP contribution < -0.4 is 5.32 Å². The average molecular weight is 352 g/mol. The minimum absolute atomic E-state index is 0.0986. The van der Waals surface area contributed by atoms with Crippen molar-refractivity contribution in [2.24, 2.45) is 0 Å². The molecular formula is C20H21FN4O. The van der Waals surface area contributed by atoms with Gasteiger partial charge < -0.3 is 5.32 Å². The van der Waals surface area contributed by atoms with E-state index in [2.05, 4.69) is 27.3 Å². The van der Waals surface area contributed by atoms with Crippen LogP contribution in [0.1, 0.15) is 17.6 Å². The standard InChI is InChI=1S/C20H21FN4O/c21-16-5-10-25(13-16)20(26)14-24-8-6-17(7-9-24)23-19-12-22-11-15-3-1-2-4-18(15)19/h1-5,10-13,17,23H,6-9,14H2. The number of anilines is 1. The summed E-state index contributed by atoms with van der Waals surface area (Å²) in [7, 11) is 0. The summed E-state index contributed by atoms with van der Waals surface area (Å²) < 4.78 is 14.4. The van der Waals surface area contributed by atoms with E-state index < -0.39 is 0 Å². The Morgan fingerprint density at radius 3 is 2.77 bits per heavy atom. The first-order chi connectivity index (χ1) is 12.7. The van der Waals surface area contributed by atoms with E-state index in [4.69, 9.17) is 0 Å². The van der Waals surface area contributed by atoms with E-state index in [9.17, 15) is 9.18 Å². The highest BCUT2D eigenvalue weighted by Crippen LogP contribution is 2.24. The predicted octanol–water partition coefficient (Wildman–Crippen LogP) is 3.39. The molecule has 1 N–H and O–H groups in total. The Balaban J connectivity index is 1.34. The van der Waals surface area contributed by atoms with Gasteiger partial charge in [0, 0.05) is 48.5 Å². The van der Waals surface area contributed by atoms with Gasteiger partial charge in [0.2, 0.25) is 5.91 Å². The van der Waals surface area contributed by atoms with Crippen LogP contribution in [0.15, 0.2) is 55.1 Å². The molecule has 1 aromatic carbocycles. The Labute approximate surface area is 151 Å². The number of halogens is 1. The van der Waals surface area contributed by atoms with Crippen molar-refractivity contribution in [3.63, 3.8) is 0 Å². The number of rotatable bonds is 4. The summed E-state index contributed by atoms with van der Waals surface area (Å²) in [6, 6.07) is 9.87. The fraction of sp³-hybridized carbons (Fsp3) is 0.300. The number of nitrogens with one attached hydrogen (secondary N) is 1. The van der Waals surface area contributed by atoms with E-state index in [1.54, 1.807) is 0 Å². The lowest BCUT2D eigenvalue weighted by Crippen LogP contribution is -2.42. The molecule has 0 saturated carbocycles. The second-order valence-corrected chi connectivity index (χ2v) is 6.73. The number of likely N-dealkylation sites (tertiary alicyclic amines) is 1. The first kappa shape index (κ1) is 16.7. The Morgan fingerprint density at radius 2 is 2.00 bits per heavy atom. The first-order valence-corrected chi connectivity index (χ1v) is 8.87. The van der Waals surface area contributed by atoms with Crippen LogP contribution in [-0.4, -0.2) is 46.0 Å². The predicted molar refractivity (Wildman–Crippen MR) is 99.8 cm³/mol. The molecule has 0 bridgehead atoms. The molecule has 1 aliphatic rings. The van der Waals surface area contributed by atoms with Crippen molar-refractivity contribution in [2.75, 3.05) is 25.0 Å². The monoisotopic (exact) mass is 352 g/mol. The number of hydrogen-bond donors (Lipinski definition) is 1. The number of piperidine rings is 1. The van der Waals surface area contributed by atoms with Crippen LogP contribution in [0, 0.1) is 5.82 Å². The van der Waals surface area contributed by atoms with Gasteiger partial charge in [-0.3, -0.25) is 19.2 Å². The topological polar surface area (TPSA) is 50.2 Å². The van der Waals surface area contributed by atoms with Gasteiger partial charge in [0.15, 0.2) is 0 Å². The van der Waals surface area contributed by atoms with Crippen LogP contribution >= 0.6 is 0 Å². The molecule has 6 heteroatoms. The highest BCUT2D eigenvalue weighted by Gasteiger charge is 2.21.